The van der Waals surface area contributed by atoms with Crippen LogP contribution in [0.25, 0.3) is 0 Å². The molecule has 1 fully saturated rings. The normalized spacial score (nSPS) is 28.1. The molecule has 0 N–H and O–H groups in total. The predicted molar refractivity (Wildman–Crippen MR) is 71.1 cm³/mol. The van der Waals surface area contributed by atoms with Crippen LogP contribution in [0.15, 0.2) is 0 Å². The van der Waals surface area contributed by atoms with Gasteiger partial charge in [0.2, 0.25) is 0 Å². The van der Waals surface area contributed by atoms with Gasteiger partial charge in [-0.2, -0.15) is 0 Å². The number of rotatable bonds is 7. The van der Waals surface area contributed by atoms with E-state index in [0.717, 1.165) is 30.6 Å². The van der Waals surface area contributed by atoms with Gasteiger partial charge in [0.1, 0.15) is 0 Å². The first-order valence-electron chi connectivity index (χ1n) is 7.41. The Balaban J connectivity index is 2.21. The second-order valence-electron chi connectivity index (χ2n) is 5.62. The molecule has 3 heteroatoms. The molecule has 0 aromatic carbocycles. The molecule has 2 unspecified atom stereocenters. The first-order valence-corrected chi connectivity index (χ1v) is 7.41. The average molecular weight is 258 g/mol. The number of alkyl halides is 1. The van der Waals surface area contributed by atoms with Gasteiger partial charge in [-0.3, -0.25) is 0 Å². The van der Waals surface area contributed by atoms with Crippen molar-refractivity contribution in [1.29, 1.82) is 0 Å². The van der Waals surface area contributed by atoms with Gasteiger partial charge in [0.25, 0.3) is 0 Å². The third kappa shape index (κ3) is 5.36. The zero-order chi connectivity index (χ0) is 13.4. The number of esters is 1. The molecule has 0 radical (unpaired) electrons. The fraction of sp³-hybridized carbons (Fsp3) is 0.933. The smallest absolute Gasteiger partial charge is 0.337 e. The van der Waals surface area contributed by atoms with Crippen molar-refractivity contribution in [2.45, 2.75) is 58.8 Å². The van der Waals surface area contributed by atoms with Crippen molar-refractivity contribution in [2.24, 2.45) is 17.8 Å². The number of halogens is 1. The van der Waals surface area contributed by atoms with E-state index in [0.29, 0.717) is 6.61 Å². The highest BCUT2D eigenvalue weighted by molar-refractivity contribution is 5.70. The molecule has 0 spiro atoms. The van der Waals surface area contributed by atoms with E-state index in [1.54, 1.807) is 0 Å². The summed E-state index contributed by atoms with van der Waals surface area (Å²) < 4.78 is 16.7. The molecule has 1 aliphatic rings. The molecule has 0 bridgehead atoms. The maximum atomic E-state index is 11.9. The third-order valence-corrected chi connectivity index (χ3v) is 4.28. The first-order chi connectivity index (χ1) is 8.69. The Morgan fingerprint density at radius 3 is 2.17 bits per heavy atom. The molecule has 2 nitrogen and oxygen atoms in total. The van der Waals surface area contributed by atoms with Crippen molar-refractivity contribution in [3.8, 4) is 0 Å². The molecule has 0 aliphatic heterocycles. The monoisotopic (exact) mass is 258 g/mol. The molecule has 2 atom stereocenters. The van der Waals surface area contributed by atoms with Crippen LogP contribution < -0.4 is 0 Å². The van der Waals surface area contributed by atoms with Crippen LogP contribution in [0.5, 0.6) is 0 Å². The lowest BCUT2D eigenvalue weighted by Crippen LogP contribution is -2.22. The van der Waals surface area contributed by atoms with E-state index in [1.165, 1.54) is 32.1 Å². The minimum absolute atomic E-state index is 0.382. The molecule has 0 heterocycles. The molecule has 106 valence electrons. The minimum Gasteiger partial charge on any atom is -0.464 e. The van der Waals surface area contributed by atoms with E-state index >= 15 is 0 Å². The molecule has 0 aromatic heterocycles. The standard InChI is InChI=1S/C15H27FO2/c1-3-12-8-13(4-2)10-14(9-12)6-5-7-18-15(17)11-16/h12-14H,3-11H2,1-2H3. The van der Waals surface area contributed by atoms with Crippen molar-refractivity contribution >= 4 is 5.97 Å². The fourth-order valence-corrected chi connectivity index (χ4v) is 3.20. The Kier molecular flexibility index (Phi) is 7.29. The van der Waals surface area contributed by atoms with Crippen molar-refractivity contribution in [2.75, 3.05) is 13.3 Å². The van der Waals surface area contributed by atoms with E-state index in [2.05, 4.69) is 13.8 Å². The molecule has 1 aliphatic carbocycles. The summed E-state index contributed by atoms with van der Waals surface area (Å²) in [6.45, 7) is 3.94. The molecule has 0 aromatic rings. The molecule has 1 saturated carbocycles. The minimum atomic E-state index is -1.00. The number of hydrogen-bond acceptors (Lipinski definition) is 2. The summed E-state index contributed by atoms with van der Waals surface area (Å²) in [6, 6.07) is 0. The Bertz CT molecular complexity index is 231. The van der Waals surface area contributed by atoms with Crippen LogP contribution in [0.1, 0.15) is 58.8 Å². The Morgan fingerprint density at radius 2 is 1.67 bits per heavy atom. The van der Waals surface area contributed by atoms with Crippen LogP contribution >= 0.6 is 0 Å². The van der Waals surface area contributed by atoms with Crippen LogP contribution in [0.3, 0.4) is 0 Å². The lowest BCUT2D eigenvalue weighted by atomic mass is 9.72. The van der Waals surface area contributed by atoms with Gasteiger partial charge in [-0.1, -0.05) is 26.7 Å². The van der Waals surface area contributed by atoms with E-state index in [9.17, 15) is 9.18 Å². The highest BCUT2D eigenvalue weighted by Crippen LogP contribution is 2.38. The van der Waals surface area contributed by atoms with Gasteiger partial charge in [-0.25, -0.2) is 9.18 Å². The maximum Gasteiger partial charge on any atom is 0.337 e. The zero-order valence-electron chi connectivity index (χ0n) is 11.8. The van der Waals surface area contributed by atoms with Crippen molar-refractivity contribution in [1.82, 2.24) is 0 Å². The molecular weight excluding hydrogens is 231 g/mol. The lowest BCUT2D eigenvalue weighted by molar-refractivity contribution is -0.144. The summed E-state index contributed by atoms with van der Waals surface area (Å²) in [7, 11) is 0. The van der Waals surface area contributed by atoms with E-state index in [1.807, 2.05) is 0 Å². The summed E-state index contributed by atoms with van der Waals surface area (Å²) in [5.74, 6) is 1.80. The van der Waals surface area contributed by atoms with Gasteiger partial charge >= 0.3 is 5.97 Å². The van der Waals surface area contributed by atoms with Crippen LogP contribution in [0, 0.1) is 17.8 Å². The van der Waals surface area contributed by atoms with Gasteiger partial charge in [0.05, 0.1) is 6.61 Å². The van der Waals surface area contributed by atoms with Crippen LogP contribution in [-0.4, -0.2) is 19.3 Å². The summed E-state index contributed by atoms with van der Waals surface area (Å²) in [6.07, 6.45) is 8.60. The van der Waals surface area contributed by atoms with E-state index in [4.69, 9.17) is 4.74 Å². The molecular formula is C15H27FO2. The summed E-state index contributed by atoms with van der Waals surface area (Å²) in [4.78, 5) is 10.7. The largest absolute Gasteiger partial charge is 0.464 e. The quantitative estimate of drug-likeness (QED) is 0.507. The number of hydrogen-bond donors (Lipinski definition) is 0. The number of carbonyl (C=O) groups is 1. The third-order valence-electron chi connectivity index (χ3n) is 4.28. The number of carbonyl (C=O) groups excluding carboxylic acids is 1. The highest BCUT2D eigenvalue weighted by Gasteiger charge is 2.26. The Morgan fingerprint density at radius 1 is 1.11 bits per heavy atom. The predicted octanol–water partition coefficient (Wildman–Crippen LogP) is 4.13. The zero-order valence-corrected chi connectivity index (χ0v) is 11.8. The van der Waals surface area contributed by atoms with E-state index in [-0.39, 0.29) is 0 Å². The summed E-state index contributed by atoms with van der Waals surface area (Å²) >= 11 is 0. The molecule has 0 amide bonds. The molecule has 0 saturated heterocycles. The second-order valence-corrected chi connectivity index (χ2v) is 5.62. The summed E-state index contributed by atoms with van der Waals surface area (Å²) in [5.41, 5.74) is 0. The molecule has 1 rings (SSSR count). The van der Waals surface area contributed by atoms with Gasteiger partial charge in [0, 0.05) is 0 Å². The fourth-order valence-electron chi connectivity index (χ4n) is 3.20. The lowest BCUT2D eigenvalue weighted by Gasteiger charge is -2.34. The first kappa shape index (κ1) is 15.5. The summed E-state index contributed by atoms with van der Waals surface area (Å²) in [5, 5.41) is 0. The maximum absolute atomic E-state index is 11.9. The van der Waals surface area contributed by atoms with Crippen molar-refractivity contribution < 1.29 is 13.9 Å². The van der Waals surface area contributed by atoms with Crippen LogP contribution in [0.2, 0.25) is 0 Å². The average Bonchev–Trinajstić information content (AvgIpc) is 2.42. The highest BCUT2D eigenvalue weighted by atomic mass is 19.1. The van der Waals surface area contributed by atoms with Gasteiger partial charge in [-0.05, 0) is 49.9 Å². The van der Waals surface area contributed by atoms with Crippen LogP contribution in [0.4, 0.5) is 4.39 Å². The molecule has 18 heavy (non-hydrogen) atoms. The van der Waals surface area contributed by atoms with Gasteiger partial charge in [0.15, 0.2) is 6.67 Å². The van der Waals surface area contributed by atoms with E-state index < -0.39 is 12.6 Å². The van der Waals surface area contributed by atoms with Crippen molar-refractivity contribution in [3.63, 3.8) is 0 Å². The second kappa shape index (κ2) is 8.49. The topological polar surface area (TPSA) is 26.3 Å². The SMILES string of the molecule is CCC1CC(CC)CC(CCCOC(=O)CF)C1. The Hall–Kier alpha value is -0.600. The van der Waals surface area contributed by atoms with Crippen molar-refractivity contribution in [3.05, 3.63) is 0 Å². The van der Waals surface area contributed by atoms with Crippen LogP contribution in [-0.2, 0) is 9.53 Å². The number of ether oxygens (including phenoxy) is 1. The Labute approximate surface area is 110 Å². The van der Waals surface area contributed by atoms with Gasteiger partial charge in [-0.15, -0.1) is 0 Å². The van der Waals surface area contributed by atoms with Gasteiger partial charge < -0.3 is 4.74 Å².